The molecule has 7 nitrogen and oxygen atoms in total. The maximum Gasteiger partial charge on any atom is 0.306 e. The summed E-state index contributed by atoms with van der Waals surface area (Å²) in [6, 6.07) is 13.6. The van der Waals surface area contributed by atoms with E-state index in [2.05, 4.69) is 21.4 Å². The Bertz CT molecular complexity index is 1040. The molecule has 0 unspecified atom stereocenters. The van der Waals surface area contributed by atoms with E-state index >= 15 is 0 Å². The van der Waals surface area contributed by atoms with Gasteiger partial charge in [0.25, 0.3) is 11.8 Å². The van der Waals surface area contributed by atoms with Gasteiger partial charge in [0, 0.05) is 10.0 Å². The normalized spacial score (nSPS) is 14.8. The Morgan fingerprint density at radius 1 is 1.23 bits per heavy atom. The largest absolute Gasteiger partial charge is 0.493 e. The number of nitrogens with zero attached hydrogens (tertiary/aromatic N) is 1. The minimum Gasteiger partial charge on any atom is -0.493 e. The van der Waals surface area contributed by atoms with Crippen molar-refractivity contribution in [2.75, 3.05) is 6.61 Å². The smallest absolute Gasteiger partial charge is 0.306 e. The number of aliphatic carboxylic acids is 1. The number of carboxylic acids is 1. The van der Waals surface area contributed by atoms with Gasteiger partial charge >= 0.3 is 5.97 Å². The minimum absolute atomic E-state index is 0.0446. The van der Waals surface area contributed by atoms with Gasteiger partial charge in [0.15, 0.2) is 4.32 Å². The number of thiocarbonyl (C=S) groups is 1. The second-order valence-electron chi connectivity index (χ2n) is 6.03. The van der Waals surface area contributed by atoms with Crippen molar-refractivity contribution in [2.24, 2.45) is 0 Å². The summed E-state index contributed by atoms with van der Waals surface area (Å²) < 4.78 is 6.45. The first kappa shape index (κ1) is 22.0. The highest BCUT2D eigenvalue weighted by molar-refractivity contribution is 9.10. The molecule has 1 aliphatic rings. The first-order valence-electron chi connectivity index (χ1n) is 8.62. The SMILES string of the molecule is O=C(O)CCOc1cccc(/C=C2/SC(=S)N(NC(=O)c3ccc(Br)cc3)C2=O)c1. The van der Waals surface area contributed by atoms with Gasteiger partial charge in [0.2, 0.25) is 0 Å². The van der Waals surface area contributed by atoms with Crippen LogP contribution in [0.25, 0.3) is 6.08 Å². The van der Waals surface area contributed by atoms with E-state index in [0.717, 1.165) is 21.2 Å². The van der Waals surface area contributed by atoms with Crippen LogP contribution in [0.1, 0.15) is 22.3 Å². The second kappa shape index (κ2) is 9.88. The number of hydrogen-bond acceptors (Lipinski definition) is 6. The van der Waals surface area contributed by atoms with Gasteiger partial charge in [-0.3, -0.25) is 19.8 Å². The van der Waals surface area contributed by atoms with Crippen molar-refractivity contribution in [3.8, 4) is 5.75 Å². The predicted octanol–water partition coefficient (Wildman–Crippen LogP) is 3.85. The molecular formula is C20H15BrN2O5S2. The Balaban J connectivity index is 1.69. The third-order valence-electron chi connectivity index (χ3n) is 3.85. The summed E-state index contributed by atoms with van der Waals surface area (Å²) in [5.41, 5.74) is 3.60. The summed E-state index contributed by atoms with van der Waals surface area (Å²) in [5, 5.41) is 9.73. The van der Waals surface area contributed by atoms with E-state index in [1.807, 2.05) is 0 Å². The zero-order chi connectivity index (χ0) is 21.7. The fourth-order valence-electron chi connectivity index (χ4n) is 2.43. The molecule has 2 aromatic rings. The molecule has 0 saturated carbocycles. The van der Waals surface area contributed by atoms with Crippen LogP contribution in [0.2, 0.25) is 0 Å². The summed E-state index contributed by atoms with van der Waals surface area (Å²) in [6.07, 6.45) is 1.52. The zero-order valence-electron chi connectivity index (χ0n) is 15.3. The Labute approximate surface area is 190 Å². The van der Waals surface area contributed by atoms with Crippen LogP contribution in [0.4, 0.5) is 0 Å². The lowest BCUT2D eigenvalue weighted by Crippen LogP contribution is -2.44. The van der Waals surface area contributed by atoms with E-state index in [1.165, 1.54) is 0 Å². The van der Waals surface area contributed by atoms with Crippen LogP contribution in [0.15, 0.2) is 57.9 Å². The van der Waals surface area contributed by atoms with Gasteiger partial charge in [-0.1, -0.05) is 39.8 Å². The molecule has 10 heteroatoms. The number of rotatable bonds is 7. The molecule has 1 saturated heterocycles. The number of halogens is 1. The molecule has 0 bridgehead atoms. The maximum atomic E-state index is 12.7. The van der Waals surface area contributed by atoms with Crippen molar-refractivity contribution in [1.29, 1.82) is 0 Å². The highest BCUT2D eigenvalue weighted by atomic mass is 79.9. The molecule has 0 spiro atoms. The van der Waals surface area contributed by atoms with E-state index in [9.17, 15) is 14.4 Å². The first-order chi connectivity index (χ1) is 14.3. The van der Waals surface area contributed by atoms with E-state index in [0.29, 0.717) is 21.8 Å². The van der Waals surface area contributed by atoms with Crippen molar-refractivity contribution in [2.45, 2.75) is 6.42 Å². The zero-order valence-corrected chi connectivity index (χ0v) is 18.6. The van der Waals surface area contributed by atoms with Crippen LogP contribution in [-0.2, 0) is 9.59 Å². The molecule has 0 atom stereocenters. The Kier molecular flexibility index (Phi) is 7.24. The molecular weight excluding hydrogens is 492 g/mol. The molecule has 1 fully saturated rings. The maximum absolute atomic E-state index is 12.7. The van der Waals surface area contributed by atoms with Crippen molar-refractivity contribution in [1.82, 2.24) is 10.4 Å². The van der Waals surface area contributed by atoms with E-state index in [4.69, 9.17) is 22.1 Å². The molecule has 0 radical (unpaired) electrons. The molecule has 2 N–H and O–H groups in total. The van der Waals surface area contributed by atoms with Crippen LogP contribution >= 0.6 is 39.9 Å². The van der Waals surface area contributed by atoms with Crippen LogP contribution in [0.3, 0.4) is 0 Å². The topological polar surface area (TPSA) is 95.9 Å². The molecule has 1 heterocycles. The molecule has 2 aromatic carbocycles. The third kappa shape index (κ3) is 5.68. The number of thioether (sulfide) groups is 1. The van der Waals surface area contributed by atoms with Crippen LogP contribution in [0, 0.1) is 0 Å². The number of benzene rings is 2. The van der Waals surface area contributed by atoms with Gasteiger partial charge in [-0.2, -0.15) is 5.01 Å². The third-order valence-corrected chi connectivity index (χ3v) is 5.68. The van der Waals surface area contributed by atoms with Crippen molar-refractivity contribution >= 4 is 68.1 Å². The number of hydrazine groups is 1. The first-order valence-corrected chi connectivity index (χ1v) is 10.6. The monoisotopic (exact) mass is 506 g/mol. The number of ether oxygens (including phenoxy) is 1. The van der Waals surface area contributed by atoms with Gasteiger partial charge in [-0.15, -0.1) is 0 Å². The number of hydrogen-bond donors (Lipinski definition) is 2. The van der Waals surface area contributed by atoms with E-state index in [-0.39, 0.29) is 17.3 Å². The fourth-order valence-corrected chi connectivity index (χ4v) is 3.88. The predicted molar refractivity (Wildman–Crippen MR) is 121 cm³/mol. The lowest BCUT2D eigenvalue weighted by Gasteiger charge is -2.15. The Morgan fingerprint density at radius 2 is 1.97 bits per heavy atom. The van der Waals surface area contributed by atoms with Crippen molar-refractivity contribution in [3.63, 3.8) is 0 Å². The average Bonchev–Trinajstić information content (AvgIpc) is 2.96. The highest BCUT2D eigenvalue weighted by Gasteiger charge is 2.33. The van der Waals surface area contributed by atoms with E-state index < -0.39 is 17.8 Å². The van der Waals surface area contributed by atoms with Gasteiger partial charge in [-0.25, -0.2) is 0 Å². The molecule has 2 amide bonds. The Hall–Kier alpha value is -2.69. The number of carbonyl (C=O) groups is 3. The lowest BCUT2D eigenvalue weighted by atomic mass is 10.2. The number of carbonyl (C=O) groups excluding carboxylic acids is 2. The molecule has 0 aliphatic carbocycles. The quantitative estimate of drug-likeness (QED) is 0.434. The second-order valence-corrected chi connectivity index (χ2v) is 8.62. The summed E-state index contributed by atoms with van der Waals surface area (Å²) in [5.74, 6) is -1.34. The fraction of sp³-hybridized carbons (Fsp3) is 0.100. The minimum atomic E-state index is -0.944. The molecule has 1 aliphatic heterocycles. The van der Waals surface area contributed by atoms with Gasteiger partial charge < -0.3 is 9.84 Å². The van der Waals surface area contributed by atoms with Crippen LogP contribution in [-0.4, -0.2) is 38.8 Å². The molecule has 3 rings (SSSR count). The molecule has 0 aromatic heterocycles. The summed E-state index contributed by atoms with van der Waals surface area (Å²) >= 11 is 9.61. The summed E-state index contributed by atoms with van der Waals surface area (Å²) in [6.45, 7) is 0.0446. The number of amides is 2. The highest BCUT2D eigenvalue weighted by Crippen LogP contribution is 2.32. The standard InChI is InChI=1S/C20H15BrN2O5S2/c21-14-6-4-13(5-7-14)18(26)22-23-19(27)16(30-20(23)29)11-12-2-1-3-15(10-12)28-9-8-17(24)25/h1-7,10-11H,8-9H2,(H,22,26)(H,24,25)/b16-11+. The van der Waals surface area contributed by atoms with Gasteiger partial charge in [-0.05, 0) is 60.3 Å². The van der Waals surface area contributed by atoms with E-state index in [1.54, 1.807) is 54.6 Å². The Morgan fingerprint density at radius 3 is 2.67 bits per heavy atom. The summed E-state index contributed by atoms with van der Waals surface area (Å²) in [4.78, 5) is 36.0. The van der Waals surface area contributed by atoms with Gasteiger partial charge in [0.05, 0.1) is 17.9 Å². The van der Waals surface area contributed by atoms with Crippen LogP contribution < -0.4 is 10.2 Å². The van der Waals surface area contributed by atoms with Crippen molar-refractivity contribution < 1.29 is 24.2 Å². The molecule has 30 heavy (non-hydrogen) atoms. The number of carboxylic acid groups (broad SMARTS) is 1. The van der Waals surface area contributed by atoms with Crippen molar-refractivity contribution in [3.05, 3.63) is 69.0 Å². The van der Waals surface area contributed by atoms with Crippen LogP contribution in [0.5, 0.6) is 5.75 Å². The lowest BCUT2D eigenvalue weighted by molar-refractivity contribution is -0.137. The average molecular weight is 507 g/mol. The summed E-state index contributed by atoms with van der Waals surface area (Å²) in [7, 11) is 0. The number of nitrogens with one attached hydrogen (secondary N) is 1. The van der Waals surface area contributed by atoms with Gasteiger partial charge in [0.1, 0.15) is 5.75 Å². The molecule has 154 valence electrons.